The molecular formula is C14H19N3O. The van der Waals surface area contributed by atoms with Crippen molar-refractivity contribution < 1.29 is 4.79 Å². The topological polar surface area (TPSA) is 59.2 Å². The minimum atomic E-state index is -0.116. The van der Waals surface area contributed by atoms with Crippen molar-refractivity contribution in [1.29, 1.82) is 0 Å². The van der Waals surface area contributed by atoms with E-state index in [1.54, 1.807) is 6.20 Å². The number of fused-ring (bicyclic) bond motifs is 1. The van der Waals surface area contributed by atoms with Crippen molar-refractivity contribution in [2.75, 3.05) is 13.1 Å². The van der Waals surface area contributed by atoms with Crippen molar-refractivity contribution in [2.45, 2.75) is 32.2 Å². The second-order valence-electron chi connectivity index (χ2n) is 5.81. The monoisotopic (exact) mass is 245 g/mol. The molecule has 2 atom stereocenters. The first-order chi connectivity index (χ1) is 8.49. The zero-order chi connectivity index (χ0) is 12.9. The highest BCUT2D eigenvalue weighted by Gasteiger charge is 2.51. The van der Waals surface area contributed by atoms with Crippen LogP contribution in [0.2, 0.25) is 0 Å². The van der Waals surface area contributed by atoms with Gasteiger partial charge >= 0.3 is 0 Å². The number of rotatable bonds is 1. The summed E-state index contributed by atoms with van der Waals surface area (Å²) >= 11 is 0. The fourth-order valence-corrected chi connectivity index (χ4v) is 2.94. The Kier molecular flexibility index (Phi) is 2.45. The van der Waals surface area contributed by atoms with E-state index >= 15 is 0 Å². The highest BCUT2D eigenvalue weighted by molar-refractivity contribution is 5.92. The summed E-state index contributed by atoms with van der Waals surface area (Å²) in [6.07, 6.45) is 3.97. The first-order valence-electron chi connectivity index (χ1n) is 6.51. The van der Waals surface area contributed by atoms with Gasteiger partial charge in [0.1, 0.15) is 5.69 Å². The Hall–Kier alpha value is -1.42. The molecule has 2 heterocycles. The van der Waals surface area contributed by atoms with Gasteiger partial charge in [-0.15, -0.1) is 0 Å². The Morgan fingerprint density at radius 1 is 1.50 bits per heavy atom. The van der Waals surface area contributed by atoms with E-state index in [-0.39, 0.29) is 11.4 Å². The van der Waals surface area contributed by atoms with E-state index in [0.29, 0.717) is 18.2 Å². The molecule has 2 fully saturated rings. The maximum absolute atomic E-state index is 12.4. The van der Waals surface area contributed by atoms with Gasteiger partial charge in [0.25, 0.3) is 5.91 Å². The maximum Gasteiger partial charge on any atom is 0.272 e. The molecule has 4 heteroatoms. The third-order valence-electron chi connectivity index (χ3n) is 4.58. The van der Waals surface area contributed by atoms with E-state index in [9.17, 15) is 4.79 Å². The van der Waals surface area contributed by atoms with Crippen LogP contribution in [0.3, 0.4) is 0 Å². The summed E-state index contributed by atoms with van der Waals surface area (Å²) in [4.78, 5) is 18.5. The fraction of sp³-hybridized carbons (Fsp3) is 0.571. The predicted octanol–water partition coefficient (Wildman–Crippen LogP) is 1.26. The molecule has 3 rings (SSSR count). The first kappa shape index (κ1) is 11.7. The third-order valence-corrected chi connectivity index (χ3v) is 4.58. The second kappa shape index (κ2) is 3.79. The molecule has 1 amide bonds. The van der Waals surface area contributed by atoms with Crippen LogP contribution in [0, 0.1) is 19.8 Å². The van der Waals surface area contributed by atoms with Crippen LogP contribution < -0.4 is 5.73 Å². The van der Waals surface area contributed by atoms with Crippen LogP contribution in [-0.4, -0.2) is 34.4 Å². The molecule has 1 aliphatic heterocycles. The van der Waals surface area contributed by atoms with E-state index in [2.05, 4.69) is 4.98 Å². The number of likely N-dealkylation sites (tertiary alicyclic amines) is 1. The number of hydrogen-bond acceptors (Lipinski definition) is 3. The Labute approximate surface area is 107 Å². The molecule has 1 aromatic heterocycles. The van der Waals surface area contributed by atoms with Crippen molar-refractivity contribution in [2.24, 2.45) is 11.7 Å². The minimum Gasteiger partial charge on any atom is -0.335 e. The summed E-state index contributed by atoms with van der Waals surface area (Å²) in [6, 6.07) is 1.88. The summed E-state index contributed by atoms with van der Waals surface area (Å²) in [6.45, 7) is 5.49. The normalized spacial score (nSPS) is 29.9. The van der Waals surface area contributed by atoms with Crippen LogP contribution in [0.4, 0.5) is 0 Å². The van der Waals surface area contributed by atoms with Crippen LogP contribution in [0.1, 0.15) is 34.5 Å². The Morgan fingerprint density at radius 3 is 2.78 bits per heavy atom. The number of aromatic nitrogens is 1. The first-order valence-corrected chi connectivity index (χ1v) is 6.51. The number of nitrogens with two attached hydrogens (primary N) is 1. The molecule has 2 N–H and O–H groups in total. The zero-order valence-electron chi connectivity index (χ0n) is 10.9. The summed E-state index contributed by atoms with van der Waals surface area (Å²) < 4.78 is 0. The molecule has 4 nitrogen and oxygen atoms in total. The van der Waals surface area contributed by atoms with Crippen molar-refractivity contribution in [1.82, 2.24) is 9.88 Å². The number of amides is 1. The van der Waals surface area contributed by atoms with Gasteiger partial charge in [0.2, 0.25) is 0 Å². The molecular weight excluding hydrogens is 226 g/mol. The molecule has 0 aromatic carbocycles. The Morgan fingerprint density at radius 2 is 2.28 bits per heavy atom. The third kappa shape index (κ3) is 1.63. The molecule has 0 unspecified atom stereocenters. The van der Waals surface area contributed by atoms with Crippen LogP contribution in [0.15, 0.2) is 12.3 Å². The Balaban J connectivity index is 1.81. The second-order valence-corrected chi connectivity index (χ2v) is 5.81. The van der Waals surface area contributed by atoms with Gasteiger partial charge in [-0.25, -0.2) is 0 Å². The smallest absolute Gasteiger partial charge is 0.272 e. The van der Waals surface area contributed by atoms with Crippen molar-refractivity contribution in [3.63, 3.8) is 0 Å². The van der Waals surface area contributed by atoms with Crippen LogP contribution in [0.25, 0.3) is 0 Å². The molecule has 1 aromatic rings. The largest absolute Gasteiger partial charge is 0.335 e. The lowest BCUT2D eigenvalue weighted by molar-refractivity contribution is 0.0779. The van der Waals surface area contributed by atoms with Crippen LogP contribution in [0.5, 0.6) is 0 Å². The lowest BCUT2D eigenvalue weighted by Gasteiger charge is -2.39. The van der Waals surface area contributed by atoms with E-state index in [0.717, 1.165) is 30.5 Å². The summed E-state index contributed by atoms with van der Waals surface area (Å²) in [5, 5.41) is 0. The summed E-state index contributed by atoms with van der Waals surface area (Å²) in [7, 11) is 0. The number of nitrogens with zero attached hydrogens (tertiary/aromatic N) is 2. The average Bonchev–Trinajstić information content (AvgIpc) is 2.56. The van der Waals surface area contributed by atoms with Gasteiger partial charge in [-0.05, 0) is 49.8 Å². The van der Waals surface area contributed by atoms with Gasteiger partial charge in [-0.3, -0.25) is 9.78 Å². The number of hydrogen-bond donors (Lipinski definition) is 1. The number of pyridine rings is 1. The fourth-order valence-electron chi connectivity index (χ4n) is 2.94. The van der Waals surface area contributed by atoms with E-state index < -0.39 is 0 Å². The van der Waals surface area contributed by atoms with Gasteiger partial charge in [0, 0.05) is 24.8 Å². The predicted molar refractivity (Wildman–Crippen MR) is 69.3 cm³/mol. The van der Waals surface area contributed by atoms with Crippen LogP contribution in [-0.2, 0) is 0 Å². The number of carbonyl (C=O) groups excluding carboxylic acids is 1. The van der Waals surface area contributed by atoms with Crippen molar-refractivity contribution >= 4 is 5.91 Å². The van der Waals surface area contributed by atoms with E-state index in [1.807, 2.05) is 24.8 Å². The molecule has 1 saturated carbocycles. The molecule has 96 valence electrons. The quantitative estimate of drug-likeness (QED) is 0.810. The highest BCUT2D eigenvalue weighted by atomic mass is 16.2. The van der Waals surface area contributed by atoms with Gasteiger partial charge in [-0.1, -0.05) is 0 Å². The average molecular weight is 245 g/mol. The van der Waals surface area contributed by atoms with Gasteiger partial charge in [0.05, 0.1) is 0 Å². The SMILES string of the molecule is Cc1cnc(C(=O)N2C[C@@H]3CC[C@]3(N)C2)cc1C. The molecule has 18 heavy (non-hydrogen) atoms. The Bertz CT molecular complexity index is 514. The molecule has 0 radical (unpaired) electrons. The molecule has 1 saturated heterocycles. The lowest BCUT2D eigenvalue weighted by atomic mass is 9.70. The van der Waals surface area contributed by atoms with Crippen molar-refractivity contribution in [3.8, 4) is 0 Å². The van der Waals surface area contributed by atoms with E-state index in [4.69, 9.17) is 5.73 Å². The standard InChI is InChI=1S/C14H19N3O/c1-9-5-12(16-6-10(9)2)13(18)17-7-11-3-4-14(11,15)8-17/h5-6,11H,3-4,7-8,15H2,1-2H3/t11-,14-/m0/s1. The molecule has 0 bridgehead atoms. The molecule has 2 aliphatic rings. The maximum atomic E-state index is 12.4. The summed E-state index contributed by atoms with van der Waals surface area (Å²) in [5.41, 5.74) is 8.91. The van der Waals surface area contributed by atoms with Gasteiger partial charge in [0.15, 0.2) is 0 Å². The lowest BCUT2D eigenvalue weighted by Crippen LogP contribution is -2.54. The van der Waals surface area contributed by atoms with Gasteiger partial charge in [-0.2, -0.15) is 0 Å². The number of carbonyl (C=O) groups is 1. The van der Waals surface area contributed by atoms with E-state index in [1.165, 1.54) is 0 Å². The molecule has 1 aliphatic carbocycles. The number of aryl methyl sites for hydroxylation is 2. The highest BCUT2D eigenvalue weighted by Crippen LogP contribution is 2.42. The van der Waals surface area contributed by atoms with Crippen LogP contribution >= 0.6 is 0 Å². The van der Waals surface area contributed by atoms with Gasteiger partial charge < -0.3 is 10.6 Å². The van der Waals surface area contributed by atoms with Crippen molar-refractivity contribution in [3.05, 3.63) is 29.1 Å². The zero-order valence-corrected chi connectivity index (χ0v) is 10.9. The minimum absolute atomic E-state index is 0.0253. The molecule has 0 spiro atoms. The summed E-state index contributed by atoms with van der Waals surface area (Å²) in [5.74, 6) is 0.519.